The largest absolute Gasteiger partial charge is 0.462 e. The fraction of sp³-hybridized carbons (Fsp3) is 0.850. The van der Waals surface area contributed by atoms with E-state index in [1.165, 1.54) is 27.1 Å². The molecule has 106 heavy (non-hydrogen) atoms. The third-order valence-corrected chi connectivity index (χ3v) is 23.4. The number of methoxy groups -OCH3 is 2. The molecule has 7 aliphatic rings. The predicted molar refractivity (Wildman–Crippen MR) is 399 cm³/mol. The molecule has 5 saturated heterocycles. The zero-order valence-corrected chi connectivity index (χ0v) is 66.8. The molecule has 0 aromatic carbocycles. The summed E-state index contributed by atoms with van der Waals surface area (Å²) in [5.41, 5.74) is 1.54. The molecular weight excluding hydrogens is 1370 g/mol. The minimum Gasteiger partial charge on any atom is -0.462 e. The minimum absolute atomic E-state index is 0.0443. The number of ether oxygens (including phenoxy) is 10. The first-order chi connectivity index (χ1) is 50.3. The molecule has 26 heteroatoms. The van der Waals surface area contributed by atoms with Crippen LogP contribution in [0.4, 0.5) is 0 Å². The zero-order valence-electron chi connectivity index (χ0n) is 66.8. The quantitative estimate of drug-likeness (QED) is 0.0694. The van der Waals surface area contributed by atoms with Gasteiger partial charge in [-0.1, -0.05) is 89.8 Å². The molecule has 29 atom stereocenters. The van der Waals surface area contributed by atoms with Crippen molar-refractivity contribution in [1.82, 2.24) is 19.6 Å². The normalized spacial score (nSPS) is 42.0. The second-order valence-corrected chi connectivity index (χ2v) is 32.0. The molecule has 610 valence electrons. The van der Waals surface area contributed by atoms with Crippen LogP contribution in [0.2, 0.25) is 0 Å². The number of piperidine rings is 2. The Balaban J connectivity index is 0.000000341. The lowest BCUT2D eigenvalue weighted by atomic mass is 9.79. The van der Waals surface area contributed by atoms with Gasteiger partial charge in [0.1, 0.15) is 42.7 Å². The second-order valence-electron chi connectivity index (χ2n) is 32.0. The van der Waals surface area contributed by atoms with Gasteiger partial charge in [-0.25, -0.2) is 0 Å². The van der Waals surface area contributed by atoms with E-state index in [0.29, 0.717) is 38.5 Å². The summed E-state index contributed by atoms with van der Waals surface area (Å²) < 4.78 is 61.0. The van der Waals surface area contributed by atoms with Crippen LogP contribution < -0.4 is 0 Å². The molecule has 7 heterocycles. The second kappa shape index (κ2) is 44.6. The maximum Gasteiger partial charge on any atom is 0.308 e. The Hall–Kier alpha value is -3.56. The number of aliphatic hydroxyl groups is 8. The average molecular weight is 1510 g/mol. The van der Waals surface area contributed by atoms with Gasteiger partial charge in [-0.3, -0.25) is 19.2 Å². The lowest BCUT2D eigenvalue weighted by Crippen LogP contribution is -2.63. The number of hydrogen-bond donors (Lipinski definition) is 8. The fourth-order valence-electron chi connectivity index (χ4n) is 16.6. The molecule has 0 saturated carbocycles. The third-order valence-electron chi connectivity index (χ3n) is 23.4. The van der Waals surface area contributed by atoms with Gasteiger partial charge in [0.25, 0.3) is 0 Å². The van der Waals surface area contributed by atoms with E-state index >= 15 is 0 Å². The van der Waals surface area contributed by atoms with Gasteiger partial charge in [0.05, 0.1) is 93.1 Å². The molecule has 0 aliphatic carbocycles. The number of hydrogen-bond acceptors (Lipinski definition) is 26. The van der Waals surface area contributed by atoms with Crippen molar-refractivity contribution >= 4 is 23.5 Å². The van der Waals surface area contributed by atoms with Crippen LogP contribution in [-0.2, 0) is 66.5 Å². The lowest BCUT2D eigenvalue weighted by molar-refractivity contribution is -0.304. The molecule has 7 rings (SSSR count). The first-order valence-electron chi connectivity index (χ1n) is 39.6. The topological polar surface area (TPSA) is 335 Å². The number of likely N-dealkylation sites (N-methyl/N-ethyl adjacent to an activating group) is 2. The van der Waals surface area contributed by atoms with Crippen LogP contribution in [-0.4, -0.2) is 307 Å². The molecule has 0 bridgehead atoms. The highest BCUT2D eigenvalue weighted by Gasteiger charge is 2.51. The molecule has 5 fully saturated rings. The molecule has 8 N–H and O–H groups in total. The van der Waals surface area contributed by atoms with Gasteiger partial charge >= 0.3 is 11.9 Å². The highest BCUT2D eigenvalue weighted by atomic mass is 16.7. The van der Waals surface area contributed by atoms with Crippen molar-refractivity contribution in [3.63, 3.8) is 0 Å². The Labute approximate surface area is 632 Å². The van der Waals surface area contributed by atoms with Crippen LogP contribution in [0.5, 0.6) is 0 Å². The van der Waals surface area contributed by atoms with Crippen molar-refractivity contribution in [2.75, 3.05) is 94.9 Å². The fourth-order valence-corrected chi connectivity index (χ4v) is 16.6. The van der Waals surface area contributed by atoms with Crippen LogP contribution in [0, 0.1) is 47.3 Å². The van der Waals surface area contributed by atoms with Crippen LogP contribution in [0.3, 0.4) is 0 Å². The molecule has 29 unspecified atom stereocenters. The number of aliphatic hydroxyl groups excluding tert-OH is 8. The molecule has 7 aliphatic heterocycles. The monoisotopic (exact) mass is 1510 g/mol. The SMILES string of the molecule is CCC1OC(=O)CC(O)C(C)C(OC2OC(C)C(O)C(N(C)C)C2O)C(CCN2CCCCC2)CC(C)C(=O)/C=C/C(C)=C/C1CO.CCC1OC(=O)CC(O)C(C)C(OC2OC(C)C(O)C(N(C)C)C2O)C(CCN2CCCCC2)CC(C)C(=O)/C=C/C(C)=C/C1COC1OC(C)C(O)C(OC)C1OC. The Kier molecular flexibility index (Phi) is 38.4. The molecule has 0 aromatic rings. The summed E-state index contributed by atoms with van der Waals surface area (Å²) in [6.07, 6.45) is 3.01. The maximum absolute atomic E-state index is 13.9. The van der Waals surface area contributed by atoms with E-state index < -0.39 is 170 Å². The van der Waals surface area contributed by atoms with Gasteiger partial charge in [0.15, 0.2) is 30.4 Å². The van der Waals surface area contributed by atoms with Crippen LogP contribution >= 0.6 is 0 Å². The number of esters is 2. The van der Waals surface area contributed by atoms with Crippen molar-refractivity contribution < 1.29 is 107 Å². The number of carbonyl (C=O) groups is 4. The zero-order chi connectivity index (χ0) is 78.4. The highest BCUT2D eigenvalue weighted by molar-refractivity contribution is 5.92. The highest BCUT2D eigenvalue weighted by Crippen LogP contribution is 2.39. The van der Waals surface area contributed by atoms with Gasteiger partial charge in [-0.05, 0) is 190 Å². The third kappa shape index (κ3) is 26.0. The number of likely N-dealkylation sites (tertiary alicyclic amines) is 2. The van der Waals surface area contributed by atoms with E-state index in [0.717, 1.165) is 76.1 Å². The Morgan fingerprint density at radius 2 is 0.868 bits per heavy atom. The van der Waals surface area contributed by atoms with Crippen molar-refractivity contribution in [3.8, 4) is 0 Å². The summed E-state index contributed by atoms with van der Waals surface area (Å²) in [7, 11) is 10.1. The summed E-state index contributed by atoms with van der Waals surface area (Å²) in [6, 6.07) is -1.33. The first kappa shape index (κ1) is 91.3. The summed E-state index contributed by atoms with van der Waals surface area (Å²) in [5.74, 6) is -4.80. The van der Waals surface area contributed by atoms with Crippen molar-refractivity contribution in [1.29, 1.82) is 0 Å². The first-order valence-corrected chi connectivity index (χ1v) is 39.6. The number of carbonyl (C=O) groups excluding carboxylic acids is 4. The van der Waals surface area contributed by atoms with Crippen LogP contribution in [0.1, 0.15) is 166 Å². The smallest absolute Gasteiger partial charge is 0.308 e. The van der Waals surface area contributed by atoms with Gasteiger partial charge in [-0.2, -0.15) is 0 Å². The molecule has 0 aromatic heterocycles. The molecular formula is C80H138N4O22. The van der Waals surface area contributed by atoms with Crippen LogP contribution in [0.25, 0.3) is 0 Å². The summed E-state index contributed by atoms with van der Waals surface area (Å²) >= 11 is 0. The van der Waals surface area contributed by atoms with Crippen molar-refractivity contribution in [3.05, 3.63) is 47.6 Å². The lowest BCUT2D eigenvalue weighted by Gasteiger charge is -2.47. The van der Waals surface area contributed by atoms with E-state index in [-0.39, 0.29) is 55.4 Å². The summed E-state index contributed by atoms with van der Waals surface area (Å²) in [4.78, 5) is 62.7. The van der Waals surface area contributed by atoms with Crippen molar-refractivity contribution in [2.24, 2.45) is 47.3 Å². The molecule has 0 radical (unpaired) electrons. The molecule has 0 amide bonds. The van der Waals surface area contributed by atoms with E-state index in [9.17, 15) is 60.0 Å². The van der Waals surface area contributed by atoms with Gasteiger partial charge in [-0.15, -0.1) is 0 Å². The number of rotatable bonds is 20. The van der Waals surface area contributed by atoms with Crippen molar-refractivity contribution in [2.45, 2.75) is 295 Å². The van der Waals surface area contributed by atoms with E-state index in [2.05, 4.69) is 9.80 Å². The predicted octanol–water partition coefficient (Wildman–Crippen LogP) is 5.54. The minimum atomic E-state index is -1.22. The van der Waals surface area contributed by atoms with E-state index in [1.807, 2.05) is 67.5 Å². The summed E-state index contributed by atoms with van der Waals surface area (Å²) in [6.45, 7) is 25.5. The number of ketones is 2. The standard InChI is InChI=1S/C44H76N2O13.C36H62N2O9/c1-11-34-31(24-55-44-42(54-10)41(53-9)38(51)29(6)57-44)21-25(2)15-16-32(47)26(3)22-30(17-20-46-18-13-12-14-19-46)40(27(4)33(48)23-35(49)58-34)59-43-39(52)36(45(7)8)37(50)28(5)56-43;1-8-30-27(21-39)18-22(2)12-13-28(40)23(3)19-26(14-17-38-15-10-9-11-16-38)35(24(4)29(41)20-31(42)46-30)47-36-34(44)32(37(6)7)33(43)25(5)45-36/h15-16,21,26-31,33-34,36-44,48,50-52H,11-14,17-20,22-24H2,1-10H3;12-13,18,23-27,29-30,32-36,39,41,43-44H,8-11,14-17,19-21H2,1-7H3/b16-15+,25-21+;13-12+,22-18+. The Morgan fingerprint density at radius 1 is 0.491 bits per heavy atom. The average Bonchev–Trinajstić information content (AvgIpc) is 0.803. The number of cyclic esters (lactones) is 2. The molecule has 0 spiro atoms. The van der Waals surface area contributed by atoms with Gasteiger partial charge in [0.2, 0.25) is 0 Å². The Bertz CT molecular complexity index is 2760. The van der Waals surface area contributed by atoms with Crippen LogP contribution in [0.15, 0.2) is 47.6 Å². The maximum atomic E-state index is 13.9. The van der Waals surface area contributed by atoms with Gasteiger partial charge < -0.3 is 108 Å². The molecule has 26 nitrogen and oxygen atoms in total. The van der Waals surface area contributed by atoms with Gasteiger partial charge in [0, 0.05) is 49.7 Å². The number of nitrogens with zero attached hydrogens (tertiary/aromatic N) is 4. The summed E-state index contributed by atoms with van der Waals surface area (Å²) in [5, 5.41) is 88.9. The van der Waals surface area contributed by atoms with E-state index in [1.54, 1.807) is 83.1 Å². The Morgan fingerprint density at radius 3 is 1.25 bits per heavy atom. The number of allylic oxidation sites excluding steroid dienone is 6. The van der Waals surface area contributed by atoms with E-state index in [4.69, 9.17) is 47.4 Å².